The number of esters is 1. The van der Waals surface area contributed by atoms with E-state index in [0.29, 0.717) is 0 Å². The molecular formula is C9H19NO3. The van der Waals surface area contributed by atoms with Crippen molar-refractivity contribution in [2.75, 3.05) is 20.3 Å². The molecule has 0 aliphatic rings. The topological polar surface area (TPSA) is 58.6 Å². The fourth-order valence-electron chi connectivity index (χ4n) is 0.719. The van der Waals surface area contributed by atoms with Crippen molar-refractivity contribution in [2.45, 2.75) is 26.3 Å². The minimum absolute atomic E-state index is 0.0235. The third-order valence-electron chi connectivity index (χ3n) is 2.07. The zero-order valence-electron chi connectivity index (χ0n) is 8.54. The summed E-state index contributed by atoms with van der Waals surface area (Å²) in [5, 5.41) is 11.6. The molecule has 0 radical (unpaired) electrons. The van der Waals surface area contributed by atoms with Crippen molar-refractivity contribution in [3.8, 4) is 0 Å². The molecule has 4 heteroatoms. The van der Waals surface area contributed by atoms with Crippen LogP contribution in [0.4, 0.5) is 0 Å². The fourth-order valence-corrected chi connectivity index (χ4v) is 0.719. The molecule has 0 aromatic rings. The average Bonchev–Trinajstić information content (AvgIpc) is 2.17. The Morgan fingerprint density at radius 2 is 2.23 bits per heavy atom. The lowest BCUT2D eigenvalue weighted by Crippen LogP contribution is -2.35. The first-order valence-corrected chi connectivity index (χ1v) is 4.60. The van der Waals surface area contributed by atoms with Gasteiger partial charge in [0.2, 0.25) is 0 Å². The van der Waals surface area contributed by atoms with Crippen molar-refractivity contribution < 1.29 is 14.6 Å². The van der Waals surface area contributed by atoms with E-state index < -0.39 is 0 Å². The molecule has 0 amide bonds. The zero-order valence-corrected chi connectivity index (χ0v) is 8.54. The van der Waals surface area contributed by atoms with Gasteiger partial charge in [0.15, 0.2) is 0 Å². The van der Waals surface area contributed by atoms with Gasteiger partial charge in [-0.3, -0.25) is 4.79 Å². The number of aliphatic hydroxyl groups is 1. The van der Waals surface area contributed by atoms with E-state index in [0.717, 1.165) is 6.42 Å². The van der Waals surface area contributed by atoms with Gasteiger partial charge < -0.3 is 15.2 Å². The molecule has 4 nitrogen and oxygen atoms in total. The van der Waals surface area contributed by atoms with Gasteiger partial charge in [0, 0.05) is 0 Å². The van der Waals surface area contributed by atoms with E-state index in [1.54, 1.807) is 7.05 Å². The number of carbonyl (C=O) groups is 1. The molecule has 0 saturated heterocycles. The molecule has 2 atom stereocenters. The summed E-state index contributed by atoms with van der Waals surface area (Å²) in [4.78, 5) is 11.2. The number of hydrogen-bond donors (Lipinski definition) is 2. The van der Waals surface area contributed by atoms with E-state index in [-0.39, 0.29) is 31.1 Å². The summed E-state index contributed by atoms with van der Waals surface area (Å²) in [5.74, 6) is -0.257. The SMILES string of the molecule is CCC(C)C(=O)OCC(CO)NC. The highest BCUT2D eigenvalue weighted by Crippen LogP contribution is 2.03. The highest BCUT2D eigenvalue weighted by Gasteiger charge is 2.13. The van der Waals surface area contributed by atoms with E-state index >= 15 is 0 Å². The lowest BCUT2D eigenvalue weighted by atomic mass is 10.1. The first-order valence-electron chi connectivity index (χ1n) is 4.60. The van der Waals surface area contributed by atoms with Crippen LogP contribution in [0, 0.1) is 5.92 Å². The summed E-state index contributed by atoms with van der Waals surface area (Å²) in [6.07, 6.45) is 0.780. The Labute approximate surface area is 79.3 Å². The molecule has 0 aromatic heterocycles. The molecule has 0 bridgehead atoms. The third-order valence-corrected chi connectivity index (χ3v) is 2.07. The van der Waals surface area contributed by atoms with E-state index in [9.17, 15) is 4.79 Å². The molecule has 0 aromatic carbocycles. The van der Waals surface area contributed by atoms with Gasteiger partial charge in [-0.05, 0) is 13.5 Å². The summed E-state index contributed by atoms with van der Waals surface area (Å²) in [6.45, 7) is 3.98. The first kappa shape index (κ1) is 12.4. The number of hydrogen-bond acceptors (Lipinski definition) is 4. The standard InChI is InChI=1S/C9H19NO3/c1-4-7(2)9(12)13-6-8(5-11)10-3/h7-8,10-11H,4-6H2,1-3H3. The average molecular weight is 189 g/mol. The van der Waals surface area contributed by atoms with Crippen LogP contribution < -0.4 is 5.32 Å². The minimum Gasteiger partial charge on any atom is -0.464 e. The van der Waals surface area contributed by atoms with Crippen molar-refractivity contribution in [3.63, 3.8) is 0 Å². The normalized spacial score (nSPS) is 15.1. The predicted molar refractivity (Wildman–Crippen MR) is 50.3 cm³/mol. The molecule has 2 N–H and O–H groups in total. The maximum atomic E-state index is 11.2. The maximum Gasteiger partial charge on any atom is 0.308 e. The summed E-state index contributed by atoms with van der Waals surface area (Å²) >= 11 is 0. The van der Waals surface area contributed by atoms with Crippen molar-refractivity contribution >= 4 is 5.97 Å². The van der Waals surface area contributed by atoms with Gasteiger partial charge >= 0.3 is 5.97 Å². The molecular weight excluding hydrogens is 170 g/mol. The van der Waals surface area contributed by atoms with Crippen LogP contribution in [0.15, 0.2) is 0 Å². The smallest absolute Gasteiger partial charge is 0.308 e. The number of aliphatic hydroxyl groups excluding tert-OH is 1. The van der Waals surface area contributed by atoms with Crippen LogP contribution in [-0.2, 0) is 9.53 Å². The minimum atomic E-state index is -0.198. The molecule has 13 heavy (non-hydrogen) atoms. The van der Waals surface area contributed by atoms with Crippen LogP contribution in [0.3, 0.4) is 0 Å². The van der Waals surface area contributed by atoms with Crippen LogP contribution >= 0.6 is 0 Å². The largest absolute Gasteiger partial charge is 0.464 e. The Morgan fingerprint density at radius 3 is 2.62 bits per heavy atom. The second-order valence-corrected chi connectivity index (χ2v) is 3.11. The van der Waals surface area contributed by atoms with Gasteiger partial charge in [-0.25, -0.2) is 0 Å². The molecule has 78 valence electrons. The van der Waals surface area contributed by atoms with Crippen molar-refractivity contribution in [1.82, 2.24) is 5.32 Å². The van der Waals surface area contributed by atoms with Crippen molar-refractivity contribution in [2.24, 2.45) is 5.92 Å². The first-order chi connectivity index (χ1) is 6.15. The van der Waals surface area contributed by atoms with E-state index in [1.165, 1.54) is 0 Å². The van der Waals surface area contributed by atoms with Gasteiger partial charge in [0.1, 0.15) is 6.61 Å². The molecule has 0 rings (SSSR count). The van der Waals surface area contributed by atoms with E-state index in [1.807, 2.05) is 13.8 Å². The number of likely N-dealkylation sites (N-methyl/N-ethyl adjacent to an activating group) is 1. The second kappa shape index (κ2) is 6.86. The molecule has 0 heterocycles. The second-order valence-electron chi connectivity index (χ2n) is 3.11. The highest BCUT2D eigenvalue weighted by molar-refractivity contribution is 5.71. The van der Waals surface area contributed by atoms with Crippen LogP contribution in [-0.4, -0.2) is 37.4 Å². The van der Waals surface area contributed by atoms with Gasteiger partial charge in [-0.1, -0.05) is 13.8 Å². The van der Waals surface area contributed by atoms with Crippen LogP contribution in [0.5, 0.6) is 0 Å². The maximum absolute atomic E-state index is 11.2. The van der Waals surface area contributed by atoms with Gasteiger partial charge in [0.05, 0.1) is 18.6 Å². The Bertz CT molecular complexity index is 146. The molecule has 2 unspecified atom stereocenters. The zero-order chi connectivity index (χ0) is 10.3. The molecule has 0 aliphatic carbocycles. The lowest BCUT2D eigenvalue weighted by Gasteiger charge is -2.15. The predicted octanol–water partition coefficient (Wildman–Crippen LogP) is 0.156. The summed E-state index contributed by atoms with van der Waals surface area (Å²) < 4.78 is 4.98. The van der Waals surface area contributed by atoms with Crippen LogP contribution in [0.2, 0.25) is 0 Å². The molecule has 0 spiro atoms. The molecule has 0 fully saturated rings. The van der Waals surface area contributed by atoms with Gasteiger partial charge in [0.25, 0.3) is 0 Å². The summed E-state index contributed by atoms with van der Waals surface area (Å²) in [7, 11) is 1.72. The Morgan fingerprint density at radius 1 is 1.62 bits per heavy atom. The summed E-state index contributed by atoms with van der Waals surface area (Å²) in [6, 6.07) is -0.159. The number of ether oxygens (including phenoxy) is 1. The number of rotatable bonds is 6. The fraction of sp³-hybridized carbons (Fsp3) is 0.889. The van der Waals surface area contributed by atoms with Gasteiger partial charge in [-0.15, -0.1) is 0 Å². The Balaban J connectivity index is 3.68. The highest BCUT2D eigenvalue weighted by atomic mass is 16.5. The van der Waals surface area contributed by atoms with Crippen LogP contribution in [0.1, 0.15) is 20.3 Å². The van der Waals surface area contributed by atoms with Crippen LogP contribution in [0.25, 0.3) is 0 Å². The number of carbonyl (C=O) groups excluding carboxylic acids is 1. The number of nitrogens with one attached hydrogen (secondary N) is 1. The van der Waals surface area contributed by atoms with E-state index in [2.05, 4.69) is 5.32 Å². The third kappa shape index (κ3) is 4.85. The van der Waals surface area contributed by atoms with Crippen molar-refractivity contribution in [3.05, 3.63) is 0 Å². The lowest BCUT2D eigenvalue weighted by molar-refractivity contribution is -0.149. The van der Waals surface area contributed by atoms with Gasteiger partial charge in [-0.2, -0.15) is 0 Å². The van der Waals surface area contributed by atoms with E-state index in [4.69, 9.17) is 9.84 Å². The quantitative estimate of drug-likeness (QED) is 0.584. The summed E-state index contributed by atoms with van der Waals surface area (Å²) in [5.41, 5.74) is 0. The molecule has 0 aliphatic heterocycles. The van der Waals surface area contributed by atoms with Crippen molar-refractivity contribution in [1.29, 1.82) is 0 Å². The Kier molecular flexibility index (Phi) is 6.54. The Hall–Kier alpha value is -0.610. The molecule has 0 saturated carbocycles. The monoisotopic (exact) mass is 189 g/mol.